The summed E-state index contributed by atoms with van der Waals surface area (Å²) in [6.07, 6.45) is 4.04. The van der Waals surface area contributed by atoms with Crippen molar-refractivity contribution in [1.29, 1.82) is 0 Å². The number of rotatable bonds is 7. The van der Waals surface area contributed by atoms with E-state index >= 15 is 0 Å². The zero-order chi connectivity index (χ0) is 20.2. The highest BCUT2D eigenvalue weighted by molar-refractivity contribution is 7.92. The molecule has 1 fully saturated rings. The monoisotopic (exact) mass is 399 g/mol. The normalized spacial score (nSPS) is 18.9. The summed E-state index contributed by atoms with van der Waals surface area (Å²) in [5.41, 5.74) is 2.76. The van der Waals surface area contributed by atoms with Crippen molar-refractivity contribution in [3.05, 3.63) is 65.7 Å². The average molecular weight is 400 g/mol. The Hall–Kier alpha value is -1.65. The Bertz CT molecular complexity index is 874. The summed E-state index contributed by atoms with van der Waals surface area (Å²) in [5.74, 6) is 0.592. The van der Waals surface area contributed by atoms with Crippen LogP contribution in [0.4, 0.5) is 0 Å². The molecule has 0 spiro atoms. The van der Waals surface area contributed by atoms with E-state index in [4.69, 9.17) is 0 Å². The number of benzene rings is 2. The van der Waals surface area contributed by atoms with E-state index in [1.807, 2.05) is 19.9 Å². The Morgan fingerprint density at radius 2 is 1.82 bits per heavy atom. The van der Waals surface area contributed by atoms with Gasteiger partial charge in [0.1, 0.15) is 0 Å². The van der Waals surface area contributed by atoms with Crippen molar-refractivity contribution in [3.63, 3.8) is 0 Å². The zero-order valence-corrected chi connectivity index (χ0v) is 18.2. The van der Waals surface area contributed by atoms with E-state index in [1.54, 1.807) is 24.3 Å². The Morgan fingerprint density at radius 1 is 1.07 bits per heavy atom. The Labute approximate surface area is 170 Å². The maximum Gasteiger partial charge on any atom is 0.183 e. The van der Waals surface area contributed by atoms with Crippen LogP contribution in [0.15, 0.2) is 59.5 Å². The number of aryl methyl sites for hydroxylation is 1. The Balaban J connectivity index is 1.57. The molecule has 0 aliphatic carbocycles. The number of hydrogen-bond acceptors (Lipinski definition) is 3. The molecule has 28 heavy (non-hydrogen) atoms. The van der Waals surface area contributed by atoms with Crippen molar-refractivity contribution in [2.24, 2.45) is 0 Å². The molecule has 152 valence electrons. The largest absolute Gasteiger partial charge is 0.303 e. The molecule has 0 radical (unpaired) electrons. The molecule has 2 aromatic rings. The minimum atomic E-state index is -3.32. The van der Waals surface area contributed by atoms with Crippen LogP contribution in [-0.4, -0.2) is 37.7 Å². The second-order valence-electron chi connectivity index (χ2n) is 8.73. The van der Waals surface area contributed by atoms with E-state index in [-0.39, 0.29) is 0 Å². The van der Waals surface area contributed by atoms with E-state index < -0.39 is 14.6 Å². The Morgan fingerprint density at radius 3 is 2.54 bits per heavy atom. The maximum atomic E-state index is 13.0. The van der Waals surface area contributed by atoms with Gasteiger partial charge in [-0.3, -0.25) is 0 Å². The highest BCUT2D eigenvalue weighted by atomic mass is 32.2. The molecule has 1 aliphatic rings. The molecular weight excluding hydrogens is 366 g/mol. The summed E-state index contributed by atoms with van der Waals surface area (Å²) in [5, 5.41) is 0. The molecule has 0 N–H and O–H groups in total. The minimum absolute atomic E-state index is 0.428. The molecule has 0 amide bonds. The fourth-order valence-electron chi connectivity index (χ4n) is 4.24. The lowest BCUT2D eigenvalue weighted by atomic mass is 9.89. The van der Waals surface area contributed by atoms with Crippen LogP contribution in [0.2, 0.25) is 0 Å². The van der Waals surface area contributed by atoms with Crippen LogP contribution < -0.4 is 0 Å². The minimum Gasteiger partial charge on any atom is -0.303 e. The third-order valence-corrected chi connectivity index (χ3v) is 8.61. The maximum absolute atomic E-state index is 13.0. The second kappa shape index (κ2) is 8.79. The number of hydrogen-bond donors (Lipinski definition) is 0. The van der Waals surface area contributed by atoms with Gasteiger partial charge in [-0.05, 0) is 83.2 Å². The van der Waals surface area contributed by atoms with Crippen LogP contribution in [0.3, 0.4) is 0 Å². The zero-order valence-electron chi connectivity index (χ0n) is 17.4. The lowest BCUT2D eigenvalue weighted by Crippen LogP contribution is -2.37. The third-order valence-electron chi connectivity index (χ3n) is 6.05. The van der Waals surface area contributed by atoms with Gasteiger partial charge in [0.25, 0.3) is 0 Å². The van der Waals surface area contributed by atoms with Gasteiger partial charge >= 0.3 is 0 Å². The van der Waals surface area contributed by atoms with Crippen LogP contribution in [0.25, 0.3) is 0 Å². The van der Waals surface area contributed by atoms with E-state index in [9.17, 15) is 8.42 Å². The van der Waals surface area contributed by atoms with Crippen molar-refractivity contribution in [1.82, 2.24) is 4.90 Å². The highest BCUT2D eigenvalue weighted by Gasteiger charge is 2.35. The smallest absolute Gasteiger partial charge is 0.183 e. The van der Waals surface area contributed by atoms with Crippen molar-refractivity contribution >= 4 is 9.84 Å². The van der Waals surface area contributed by atoms with Crippen molar-refractivity contribution in [3.8, 4) is 0 Å². The second-order valence-corrected chi connectivity index (χ2v) is 11.3. The predicted molar refractivity (Wildman–Crippen MR) is 117 cm³/mol. The number of sulfone groups is 1. The van der Waals surface area contributed by atoms with E-state index in [0.717, 1.165) is 26.1 Å². The van der Waals surface area contributed by atoms with Crippen molar-refractivity contribution in [2.45, 2.75) is 62.0 Å². The van der Waals surface area contributed by atoms with Gasteiger partial charge in [-0.1, -0.05) is 48.0 Å². The summed E-state index contributed by atoms with van der Waals surface area (Å²) >= 11 is 0. The average Bonchev–Trinajstić information content (AvgIpc) is 2.68. The molecule has 0 saturated carbocycles. The summed E-state index contributed by atoms with van der Waals surface area (Å²) in [7, 11) is -3.32. The highest BCUT2D eigenvalue weighted by Crippen LogP contribution is 2.31. The molecule has 1 unspecified atom stereocenters. The molecule has 2 aromatic carbocycles. The molecule has 0 bridgehead atoms. The van der Waals surface area contributed by atoms with Crippen LogP contribution in [0.5, 0.6) is 0 Å². The molecule has 1 aliphatic heterocycles. The van der Waals surface area contributed by atoms with Gasteiger partial charge < -0.3 is 4.90 Å². The van der Waals surface area contributed by atoms with E-state index in [2.05, 4.69) is 36.1 Å². The van der Waals surface area contributed by atoms with Crippen LogP contribution in [0, 0.1) is 6.92 Å². The molecule has 3 nitrogen and oxygen atoms in total. The summed E-state index contributed by atoms with van der Waals surface area (Å²) in [6, 6.07) is 17.7. The fraction of sp³-hybridized carbons (Fsp3) is 0.500. The first-order valence-corrected chi connectivity index (χ1v) is 11.9. The number of likely N-dealkylation sites (tertiary alicyclic amines) is 1. The standard InChI is InChI=1S/C24H33NO2S/c1-20-10-7-11-21(18-20)22-12-8-16-25(19-22)17-9-15-24(2,3)28(26,27)23-13-5-4-6-14-23/h4-7,10-11,13-14,18,22H,8-9,12,15-17,19H2,1-3H3. The third kappa shape index (κ3) is 4.84. The topological polar surface area (TPSA) is 37.4 Å². The van der Waals surface area contributed by atoms with Gasteiger partial charge in [0.2, 0.25) is 0 Å². The summed E-state index contributed by atoms with van der Waals surface area (Å²) in [6.45, 7) is 9.04. The van der Waals surface area contributed by atoms with Crippen LogP contribution >= 0.6 is 0 Å². The first-order chi connectivity index (χ1) is 13.3. The molecule has 1 atom stereocenters. The van der Waals surface area contributed by atoms with Gasteiger partial charge in [-0.2, -0.15) is 0 Å². The molecule has 3 rings (SSSR count). The number of piperidine rings is 1. The summed E-state index contributed by atoms with van der Waals surface area (Å²) < 4.78 is 25.2. The van der Waals surface area contributed by atoms with Gasteiger partial charge in [-0.15, -0.1) is 0 Å². The quantitative estimate of drug-likeness (QED) is 0.641. The molecule has 1 heterocycles. The van der Waals surface area contributed by atoms with Gasteiger partial charge in [0.15, 0.2) is 9.84 Å². The van der Waals surface area contributed by atoms with Gasteiger partial charge in [-0.25, -0.2) is 8.42 Å². The van der Waals surface area contributed by atoms with E-state index in [1.165, 1.54) is 24.0 Å². The van der Waals surface area contributed by atoms with Crippen molar-refractivity contribution in [2.75, 3.05) is 19.6 Å². The van der Waals surface area contributed by atoms with E-state index in [0.29, 0.717) is 17.2 Å². The SMILES string of the molecule is Cc1cccc(C2CCCN(CCCC(C)(C)S(=O)(=O)c3ccccc3)C2)c1. The van der Waals surface area contributed by atoms with Crippen molar-refractivity contribution < 1.29 is 8.42 Å². The Kier molecular flexibility index (Phi) is 6.61. The molecule has 1 saturated heterocycles. The molecule has 0 aromatic heterocycles. The van der Waals surface area contributed by atoms with Crippen LogP contribution in [0.1, 0.15) is 56.6 Å². The number of nitrogens with zero attached hydrogens (tertiary/aromatic N) is 1. The first kappa shape index (κ1) is 21.1. The summed E-state index contributed by atoms with van der Waals surface area (Å²) in [4.78, 5) is 2.94. The van der Waals surface area contributed by atoms with Gasteiger partial charge in [0.05, 0.1) is 9.64 Å². The first-order valence-electron chi connectivity index (χ1n) is 10.4. The van der Waals surface area contributed by atoms with Gasteiger partial charge in [0, 0.05) is 6.54 Å². The predicted octanol–water partition coefficient (Wildman–Crippen LogP) is 5.21. The lowest BCUT2D eigenvalue weighted by molar-refractivity contribution is 0.202. The lowest BCUT2D eigenvalue weighted by Gasteiger charge is -2.34. The molecule has 4 heteroatoms. The van der Waals surface area contributed by atoms with Crippen LogP contribution in [-0.2, 0) is 9.84 Å². The fourth-order valence-corrected chi connectivity index (χ4v) is 5.80. The molecular formula is C24H33NO2S.